The van der Waals surface area contributed by atoms with Crippen LogP contribution in [-0.2, 0) is 0 Å². The van der Waals surface area contributed by atoms with Gasteiger partial charge in [-0.05, 0) is 47.7 Å². The summed E-state index contributed by atoms with van der Waals surface area (Å²) in [5.41, 5.74) is 0.679. The zero-order valence-corrected chi connectivity index (χ0v) is 12.0. The van der Waals surface area contributed by atoms with Crippen LogP contribution in [0.25, 0.3) is 0 Å². The van der Waals surface area contributed by atoms with Gasteiger partial charge in [-0.3, -0.25) is 4.79 Å². The van der Waals surface area contributed by atoms with Crippen LogP contribution in [0.1, 0.15) is 17.3 Å². The fraction of sp³-hybridized carbons (Fsp3) is 0.182. The lowest BCUT2D eigenvalue weighted by atomic mass is 10.2. The summed E-state index contributed by atoms with van der Waals surface area (Å²) in [6.45, 7) is 5.51. The van der Waals surface area contributed by atoms with Crippen LogP contribution in [0.3, 0.4) is 0 Å². The first-order chi connectivity index (χ1) is 7.04. The molecule has 0 saturated heterocycles. The fourth-order valence-corrected chi connectivity index (χ4v) is 1.96. The molecular formula is C11H11BrINO. The van der Waals surface area contributed by atoms with Gasteiger partial charge in [0.2, 0.25) is 0 Å². The first-order valence-electron chi connectivity index (χ1n) is 4.43. The summed E-state index contributed by atoms with van der Waals surface area (Å²) >= 11 is 5.49. The average molecular weight is 380 g/mol. The zero-order valence-electron chi connectivity index (χ0n) is 8.26. The van der Waals surface area contributed by atoms with Crippen LogP contribution in [-0.4, -0.2) is 11.9 Å². The van der Waals surface area contributed by atoms with Gasteiger partial charge in [-0.25, -0.2) is 0 Å². The van der Waals surface area contributed by atoms with E-state index in [1.165, 1.54) is 0 Å². The molecule has 1 aromatic carbocycles. The van der Waals surface area contributed by atoms with Gasteiger partial charge in [-0.15, -0.1) is 6.58 Å². The SMILES string of the molecule is C=CC(C)NC(=O)c1cc(Br)ccc1I. The molecule has 1 unspecified atom stereocenters. The molecular weight excluding hydrogens is 369 g/mol. The number of carbonyl (C=O) groups is 1. The van der Waals surface area contributed by atoms with Crippen molar-refractivity contribution in [3.05, 3.63) is 44.5 Å². The van der Waals surface area contributed by atoms with Crippen molar-refractivity contribution in [2.24, 2.45) is 0 Å². The first kappa shape index (κ1) is 12.7. The van der Waals surface area contributed by atoms with Crippen molar-refractivity contribution in [2.75, 3.05) is 0 Å². The quantitative estimate of drug-likeness (QED) is 0.633. The van der Waals surface area contributed by atoms with Gasteiger partial charge in [0, 0.05) is 14.1 Å². The van der Waals surface area contributed by atoms with Crippen LogP contribution in [0.2, 0.25) is 0 Å². The van der Waals surface area contributed by atoms with Gasteiger partial charge in [0.15, 0.2) is 0 Å². The number of amides is 1. The number of hydrogen-bond acceptors (Lipinski definition) is 1. The molecule has 1 atom stereocenters. The molecule has 0 heterocycles. The molecule has 0 radical (unpaired) electrons. The number of halogens is 2. The van der Waals surface area contributed by atoms with E-state index in [0.717, 1.165) is 8.04 Å². The lowest BCUT2D eigenvalue weighted by Crippen LogP contribution is -2.31. The molecule has 0 aliphatic rings. The van der Waals surface area contributed by atoms with E-state index < -0.39 is 0 Å². The fourth-order valence-electron chi connectivity index (χ4n) is 1.01. The molecule has 4 heteroatoms. The van der Waals surface area contributed by atoms with Crippen LogP contribution in [0.5, 0.6) is 0 Å². The van der Waals surface area contributed by atoms with E-state index in [-0.39, 0.29) is 11.9 Å². The largest absolute Gasteiger partial charge is 0.346 e. The maximum absolute atomic E-state index is 11.8. The Balaban J connectivity index is 2.90. The Labute approximate surface area is 111 Å². The molecule has 1 N–H and O–H groups in total. The Kier molecular flexibility index (Phi) is 4.79. The Morgan fingerprint density at radius 3 is 2.93 bits per heavy atom. The van der Waals surface area contributed by atoms with Gasteiger partial charge >= 0.3 is 0 Å². The summed E-state index contributed by atoms with van der Waals surface area (Å²) in [6, 6.07) is 5.60. The van der Waals surface area contributed by atoms with E-state index >= 15 is 0 Å². The number of carbonyl (C=O) groups excluding carboxylic acids is 1. The van der Waals surface area contributed by atoms with Crippen molar-refractivity contribution in [2.45, 2.75) is 13.0 Å². The number of benzene rings is 1. The number of rotatable bonds is 3. The molecule has 0 fully saturated rings. The molecule has 2 nitrogen and oxygen atoms in total. The highest BCUT2D eigenvalue weighted by Gasteiger charge is 2.11. The van der Waals surface area contributed by atoms with Crippen molar-refractivity contribution in [3.8, 4) is 0 Å². The predicted molar refractivity (Wildman–Crippen MR) is 74.0 cm³/mol. The van der Waals surface area contributed by atoms with E-state index in [9.17, 15) is 4.79 Å². The molecule has 1 aromatic rings. The predicted octanol–water partition coefficient (Wildman–Crippen LogP) is 3.36. The molecule has 1 rings (SSSR count). The van der Waals surface area contributed by atoms with E-state index in [1.54, 1.807) is 6.08 Å². The highest BCUT2D eigenvalue weighted by atomic mass is 127. The minimum Gasteiger partial charge on any atom is -0.346 e. The van der Waals surface area contributed by atoms with Crippen molar-refractivity contribution >= 4 is 44.4 Å². The highest BCUT2D eigenvalue weighted by molar-refractivity contribution is 14.1. The van der Waals surface area contributed by atoms with Gasteiger partial charge in [0.05, 0.1) is 5.56 Å². The third-order valence-electron chi connectivity index (χ3n) is 1.89. The molecule has 80 valence electrons. The molecule has 1 amide bonds. The standard InChI is InChI=1S/C11H11BrINO/c1-3-7(2)14-11(15)9-6-8(12)4-5-10(9)13/h3-7H,1H2,2H3,(H,14,15). The summed E-state index contributed by atoms with van der Waals surface area (Å²) in [6.07, 6.45) is 1.70. The molecule has 0 spiro atoms. The van der Waals surface area contributed by atoms with Gasteiger partial charge in [-0.1, -0.05) is 22.0 Å². The summed E-state index contributed by atoms with van der Waals surface area (Å²) in [5, 5.41) is 2.83. The zero-order chi connectivity index (χ0) is 11.4. The number of hydrogen-bond donors (Lipinski definition) is 1. The van der Waals surface area contributed by atoms with Crippen LogP contribution in [0.4, 0.5) is 0 Å². The maximum atomic E-state index is 11.8. The summed E-state index contributed by atoms with van der Waals surface area (Å²) < 4.78 is 1.84. The first-order valence-corrected chi connectivity index (χ1v) is 6.30. The van der Waals surface area contributed by atoms with Crippen molar-refractivity contribution < 1.29 is 4.79 Å². The summed E-state index contributed by atoms with van der Waals surface area (Å²) in [4.78, 5) is 11.8. The number of nitrogens with one attached hydrogen (secondary N) is 1. The third-order valence-corrected chi connectivity index (χ3v) is 3.32. The van der Waals surface area contributed by atoms with Crippen LogP contribution in [0, 0.1) is 3.57 Å². The molecule has 0 aromatic heterocycles. The minimum atomic E-state index is -0.0758. The molecule has 0 aliphatic carbocycles. The second-order valence-corrected chi connectivity index (χ2v) is 5.20. The van der Waals surface area contributed by atoms with Gasteiger partial charge in [0.25, 0.3) is 5.91 Å². The van der Waals surface area contributed by atoms with Crippen molar-refractivity contribution in [3.63, 3.8) is 0 Å². The molecule has 0 aliphatic heterocycles. The third kappa shape index (κ3) is 3.61. The summed E-state index contributed by atoms with van der Waals surface area (Å²) in [7, 11) is 0. The van der Waals surface area contributed by atoms with E-state index in [2.05, 4.69) is 50.4 Å². The van der Waals surface area contributed by atoms with Crippen molar-refractivity contribution in [1.82, 2.24) is 5.32 Å². The minimum absolute atomic E-state index is 0.0210. The monoisotopic (exact) mass is 379 g/mol. The second kappa shape index (κ2) is 5.65. The van der Waals surface area contributed by atoms with E-state index in [1.807, 2.05) is 25.1 Å². The Morgan fingerprint density at radius 2 is 2.33 bits per heavy atom. The Hall–Kier alpha value is -0.360. The maximum Gasteiger partial charge on any atom is 0.252 e. The Morgan fingerprint density at radius 1 is 1.67 bits per heavy atom. The van der Waals surface area contributed by atoms with Crippen LogP contribution >= 0.6 is 38.5 Å². The van der Waals surface area contributed by atoms with Crippen molar-refractivity contribution in [1.29, 1.82) is 0 Å². The van der Waals surface area contributed by atoms with E-state index in [4.69, 9.17) is 0 Å². The Bertz CT molecular complexity index is 392. The second-order valence-electron chi connectivity index (χ2n) is 3.12. The normalized spacial score (nSPS) is 11.9. The van der Waals surface area contributed by atoms with Crippen LogP contribution in [0.15, 0.2) is 35.3 Å². The highest BCUT2D eigenvalue weighted by Crippen LogP contribution is 2.18. The summed E-state index contributed by atoms with van der Waals surface area (Å²) in [5.74, 6) is -0.0758. The molecule has 15 heavy (non-hydrogen) atoms. The lowest BCUT2D eigenvalue weighted by molar-refractivity contribution is 0.0946. The van der Waals surface area contributed by atoms with Gasteiger partial charge in [-0.2, -0.15) is 0 Å². The lowest BCUT2D eigenvalue weighted by Gasteiger charge is -2.10. The smallest absolute Gasteiger partial charge is 0.252 e. The molecule has 0 saturated carbocycles. The van der Waals surface area contributed by atoms with Gasteiger partial charge < -0.3 is 5.32 Å². The van der Waals surface area contributed by atoms with Crippen LogP contribution < -0.4 is 5.32 Å². The molecule has 0 bridgehead atoms. The topological polar surface area (TPSA) is 29.1 Å². The van der Waals surface area contributed by atoms with Gasteiger partial charge in [0.1, 0.15) is 0 Å². The average Bonchev–Trinajstić information content (AvgIpc) is 2.21. The van der Waals surface area contributed by atoms with E-state index in [0.29, 0.717) is 5.56 Å².